The average Bonchev–Trinajstić information content (AvgIpc) is 2.74. The molecule has 1 fully saturated rings. The second kappa shape index (κ2) is 5.45. The number of aliphatic hydroxyl groups excluding tert-OH is 2. The van der Waals surface area contributed by atoms with Crippen LogP contribution < -0.4 is 11.2 Å². The Morgan fingerprint density at radius 2 is 2.14 bits per heavy atom. The minimum atomic E-state index is -1.76. The van der Waals surface area contributed by atoms with E-state index in [1.54, 1.807) is 20.8 Å². The zero-order chi connectivity index (χ0) is 16.7. The van der Waals surface area contributed by atoms with Gasteiger partial charge in [0.15, 0.2) is 5.78 Å². The fourth-order valence-electron chi connectivity index (χ4n) is 2.65. The van der Waals surface area contributed by atoms with Crippen LogP contribution in [0.5, 0.6) is 0 Å². The van der Waals surface area contributed by atoms with Gasteiger partial charge in [-0.05, 0) is 0 Å². The first kappa shape index (κ1) is 16.6. The average molecular weight is 312 g/mol. The molecule has 1 aliphatic rings. The zero-order valence-electron chi connectivity index (χ0n) is 12.7. The third-order valence-corrected chi connectivity index (χ3v) is 3.69. The third kappa shape index (κ3) is 2.65. The second-order valence-electron chi connectivity index (χ2n) is 6.45. The molecule has 3 N–H and O–H groups in total. The number of hydrogen-bond donors (Lipinski definition) is 3. The molecule has 8 nitrogen and oxygen atoms in total. The summed E-state index contributed by atoms with van der Waals surface area (Å²) in [5, 5.41) is 19.3. The number of ether oxygens (including phenoxy) is 1. The molecule has 122 valence electrons. The molecule has 0 spiro atoms. The normalized spacial score (nSPS) is 28.8. The molecule has 8 heteroatoms. The van der Waals surface area contributed by atoms with Gasteiger partial charge in [-0.15, -0.1) is 0 Å². The Balaban J connectivity index is 2.64. The molecule has 1 aromatic rings. The van der Waals surface area contributed by atoms with E-state index in [1.807, 2.05) is 0 Å². The minimum Gasteiger partial charge on any atom is -0.394 e. The maximum absolute atomic E-state index is 12.9. The van der Waals surface area contributed by atoms with E-state index in [1.165, 1.54) is 0 Å². The first-order chi connectivity index (χ1) is 10.1. The van der Waals surface area contributed by atoms with E-state index in [0.29, 0.717) is 0 Å². The number of ketones is 1. The number of aromatic amines is 1. The van der Waals surface area contributed by atoms with Crippen molar-refractivity contribution in [3.05, 3.63) is 33.1 Å². The number of aliphatic hydroxyl groups is 2. The lowest BCUT2D eigenvalue weighted by Crippen LogP contribution is -2.53. The monoisotopic (exact) mass is 312 g/mol. The molecule has 2 heterocycles. The maximum Gasteiger partial charge on any atom is 0.331 e. The van der Waals surface area contributed by atoms with Crippen LogP contribution >= 0.6 is 0 Å². The van der Waals surface area contributed by atoms with Crippen molar-refractivity contribution in [3.8, 4) is 0 Å². The van der Waals surface area contributed by atoms with Crippen molar-refractivity contribution < 1.29 is 19.7 Å². The van der Waals surface area contributed by atoms with Gasteiger partial charge in [-0.3, -0.25) is 19.1 Å². The SMILES string of the molecule is CC(C)(C)C(=O)[C@@]1(n2ccc(=O)[nH]c2=O)CC(O)[C@H](CO)O1. The van der Waals surface area contributed by atoms with Crippen LogP contribution in [0.15, 0.2) is 21.9 Å². The van der Waals surface area contributed by atoms with Crippen molar-refractivity contribution in [1.29, 1.82) is 0 Å². The summed E-state index contributed by atoms with van der Waals surface area (Å²) in [5.74, 6) is -0.427. The van der Waals surface area contributed by atoms with Crippen molar-refractivity contribution in [1.82, 2.24) is 9.55 Å². The predicted octanol–water partition coefficient (Wildman–Crippen LogP) is -1.05. The first-order valence-electron chi connectivity index (χ1n) is 6.96. The van der Waals surface area contributed by atoms with Crippen LogP contribution in [0.1, 0.15) is 27.2 Å². The van der Waals surface area contributed by atoms with Gasteiger partial charge in [0, 0.05) is 24.1 Å². The Kier molecular flexibility index (Phi) is 4.12. The number of carbonyl (C=O) groups is 1. The summed E-state index contributed by atoms with van der Waals surface area (Å²) in [5.41, 5.74) is -4.03. The summed E-state index contributed by atoms with van der Waals surface area (Å²) in [4.78, 5) is 38.3. The molecule has 0 aliphatic carbocycles. The van der Waals surface area contributed by atoms with Crippen molar-refractivity contribution >= 4 is 5.78 Å². The van der Waals surface area contributed by atoms with Crippen molar-refractivity contribution in [2.24, 2.45) is 5.41 Å². The smallest absolute Gasteiger partial charge is 0.331 e. The second-order valence-corrected chi connectivity index (χ2v) is 6.45. The summed E-state index contributed by atoms with van der Waals surface area (Å²) in [7, 11) is 0. The Hall–Kier alpha value is -1.77. The molecule has 22 heavy (non-hydrogen) atoms. The van der Waals surface area contributed by atoms with Crippen LogP contribution in [0.3, 0.4) is 0 Å². The van der Waals surface area contributed by atoms with Gasteiger partial charge in [0.25, 0.3) is 5.56 Å². The summed E-state index contributed by atoms with van der Waals surface area (Å²) in [6, 6.07) is 1.10. The number of H-pyrrole nitrogens is 1. The summed E-state index contributed by atoms with van der Waals surface area (Å²) < 4.78 is 6.57. The Morgan fingerprint density at radius 3 is 2.59 bits per heavy atom. The number of aromatic nitrogens is 2. The molecular weight excluding hydrogens is 292 g/mol. The van der Waals surface area contributed by atoms with E-state index in [0.717, 1.165) is 16.8 Å². The molecule has 2 rings (SSSR count). The predicted molar refractivity (Wildman–Crippen MR) is 76.3 cm³/mol. The highest BCUT2D eigenvalue weighted by Crippen LogP contribution is 2.39. The highest BCUT2D eigenvalue weighted by molar-refractivity contribution is 5.90. The molecule has 1 aliphatic heterocycles. The largest absolute Gasteiger partial charge is 0.394 e. The van der Waals surface area contributed by atoms with Crippen LogP contribution in [-0.4, -0.2) is 44.4 Å². The summed E-state index contributed by atoms with van der Waals surface area (Å²) in [6.07, 6.45) is -1.10. The highest BCUT2D eigenvalue weighted by Gasteiger charge is 2.55. The molecule has 0 aromatic carbocycles. The fraction of sp³-hybridized carbons (Fsp3) is 0.643. The molecule has 0 radical (unpaired) electrons. The van der Waals surface area contributed by atoms with Gasteiger partial charge < -0.3 is 14.9 Å². The van der Waals surface area contributed by atoms with E-state index in [9.17, 15) is 24.6 Å². The van der Waals surface area contributed by atoms with Crippen LogP contribution in [0, 0.1) is 5.41 Å². The number of nitrogens with one attached hydrogen (secondary N) is 1. The van der Waals surface area contributed by atoms with Crippen molar-refractivity contribution in [2.45, 2.75) is 45.1 Å². The van der Waals surface area contributed by atoms with E-state index in [4.69, 9.17) is 4.74 Å². The van der Waals surface area contributed by atoms with E-state index < -0.39 is 47.0 Å². The van der Waals surface area contributed by atoms with Gasteiger partial charge in [-0.1, -0.05) is 20.8 Å². The van der Waals surface area contributed by atoms with Gasteiger partial charge in [0.1, 0.15) is 6.10 Å². The first-order valence-corrected chi connectivity index (χ1v) is 6.96. The van der Waals surface area contributed by atoms with E-state index >= 15 is 0 Å². The Bertz CT molecular complexity index is 686. The molecular formula is C14H20N2O6. The van der Waals surface area contributed by atoms with Crippen molar-refractivity contribution in [2.75, 3.05) is 6.61 Å². The van der Waals surface area contributed by atoms with Crippen LogP contribution in [0.2, 0.25) is 0 Å². The van der Waals surface area contributed by atoms with Crippen LogP contribution in [0.25, 0.3) is 0 Å². The van der Waals surface area contributed by atoms with Gasteiger partial charge in [-0.25, -0.2) is 4.79 Å². The highest BCUT2D eigenvalue weighted by atomic mass is 16.6. The molecule has 1 aromatic heterocycles. The number of carbonyl (C=O) groups excluding carboxylic acids is 1. The van der Waals surface area contributed by atoms with Crippen LogP contribution in [0.4, 0.5) is 0 Å². The minimum absolute atomic E-state index is 0.180. The Morgan fingerprint density at radius 1 is 1.50 bits per heavy atom. The fourth-order valence-corrected chi connectivity index (χ4v) is 2.65. The van der Waals surface area contributed by atoms with Gasteiger partial charge >= 0.3 is 5.69 Å². The van der Waals surface area contributed by atoms with Gasteiger partial charge in [0.05, 0.1) is 12.7 Å². The topological polar surface area (TPSA) is 122 Å². The molecule has 0 amide bonds. The lowest BCUT2D eigenvalue weighted by molar-refractivity contribution is -0.170. The lowest BCUT2D eigenvalue weighted by atomic mass is 9.82. The number of hydrogen-bond acceptors (Lipinski definition) is 6. The maximum atomic E-state index is 12.9. The molecule has 1 saturated heterocycles. The standard InChI is InChI=1S/C14H20N2O6/c1-13(2,3)11(20)14(6-8(18)9(7-17)22-14)16-5-4-10(19)15-12(16)21/h4-5,8-9,17-18H,6-7H2,1-3H3,(H,15,19,21)/t8?,9-,14+/m0/s1. The van der Waals surface area contributed by atoms with Crippen molar-refractivity contribution in [3.63, 3.8) is 0 Å². The molecule has 3 atom stereocenters. The number of nitrogens with zero attached hydrogens (tertiary/aromatic N) is 1. The molecule has 0 bridgehead atoms. The van der Waals surface area contributed by atoms with Gasteiger partial charge in [-0.2, -0.15) is 0 Å². The molecule has 1 unspecified atom stereocenters. The van der Waals surface area contributed by atoms with Crippen LogP contribution in [-0.2, 0) is 15.3 Å². The number of Topliss-reactive ketones (excluding diaryl/α,β-unsaturated/α-hetero) is 1. The summed E-state index contributed by atoms with van der Waals surface area (Å²) >= 11 is 0. The summed E-state index contributed by atoms with van der Waals surface area (Å²) in [6.45, 7) is 4.50. The molecule has 0 saturated carbocycles. The zero-order valence-corrected chi connectivity index (χ0v) is 12.7. The Labute approximate surface area is 126 Å². The van der Waals surface area contributed by atoms with E-state index in [2.05, 4.69) is 4.98 Å². The third-order valence-electron chi connectivity index (χ3n) is 3.69. The van der Waals surface area contributed by atoms with E-state index in [-0.39, 0.29) is 6.42 Å². The lowest BCUT2D eigenvalue weighted by Gasteiger charge is -2.34. The van der Waals surface area contributed by atoms with Gasteiger partial charge in [0.2, 0.25) is 5.72 Å². The number of rotatable bonds is 3. The quantitative estimate of drug-likeness (QED) is 0.654.